The third-order valence-corrected chi connectivity index (χ3v) is 5.83. The third kappa shape index (κ3) is 4.34. The molecule has 1 atom stereocenters. The number of methoxy groups -OCH3 is 3. The van der Waals surface area contributed by atoms with Crippen molar-refractivity contribution < 1.29 is 23.8 Å². The molecule has 1 aliphatic heterocycles. The van der Waals surface area contributed by atoms with Gasteiger partial charge in [-0.3, -0.25) is 9.59 Å². The number of carbonyl (C=O) groups excluding carboxylic acids is 2. The third-order valence-electron chi connectivity index (χ3n) is 5.83. The van der Waals surface area contributed by atoms with Gasteiger partial charge in [0.1, 0.15) is 11.9 Å². The summed E-state index contributed by atoms with van der Waals surface area (Å²) in [5.74, 6) is 1.13. The van der Waals surface area contributed by atoms with Crippen molar-refractivity contribution in [3.8, 4) is 22.6 Å². The largest absolute Gasteiger partial charge is 0.493 e. The lowest BCUT2D eigenvalue weighted by molar-refractivity contribution is -0.123. The molecule has 1 unspecified atom stereocenters. The van der Waals surface area contributed by atoms with E-state index < -0.39 is 6.04 Å². The van der Waals surface area contributed by atoms with Crippen molar-refractivity contribution in [1.29, 1.82) is 0 Å². The molecule has 0 spiro atoms. The van der Waals surface area contributed by atoms with Crippen LogP contribution in [0.15, 0.2) is 42.5 Å². The lowest BCUT2D eigenvalue weighted by Crippen LogP contribution is -2.24. The number of amides is 2. The van der Waals surface area contributed by atoms with Crippen LogP contribution in [-0.2, 0) is 27.4 Å². The summed E-state index contributed by atoms with van der Waals surface area (Å²) in [5.41, 5.74) is 3.93. The van der Waals surface area contributed by atoms with Gasteiger partial charge in [-0.25, -0.2) is 4.68 Å². The quantitative estimate of drug-likeness (QED) is 0.499. The molecule has 1 aromatic heterocycles. The Kier molecular flexibility index (Phi) is 6.83. The molecule has 4 rings (SSSR count). The molecule has 9 nitrogen and oxygen atoms in total. The van der Waals surface area contributed by atoms with Gasteiger partial charge in [-0.2, -0.15) is 5.10 Å². The molecule has 0 saturated heterocycles. The van der Waals surface area contributed by atoms with Gasteiger partial charge in [-0.1, -0.05) is 31.2 Å². The second-order valence-electron chi connectivity index (χ2n) is 7.89. The van der Waals surface area contributed by atoms with Gasteiger partial charge in [0.25, 0.3) is 5.91 Å². The monoisotopic (exact) mass is 464 g/mol. The van der Waals surface area contributed by atoms with E-state index in [1.165, 1.54) is 0 Å². The van der Waals surface area contributed by atoms with Gasteiger partial charge in [-0.05, 0) is 35.7 Å². The first-order chi connectivity index (χ1) is 16.5. The molecule has 1 aliphatic rings. The Labute approximate surface area is 198 Å². The second kappa shape index (κ2) is 9.96. The number of hydrogen-bond donors (Lipinski definition) is 2. The minimum atomic E-state index is -0.770. The van der Waals surface area contributed by atoms with Crippen LogP contribution in [0.2, 0.25) is 0 Å². The van der Waals surface area contributed by atoms with E-state index in [-0.39, 0.29) is 24.8 Å². The zero-order chi connectivity index (χ0) is 24.2. The summed E-state index contributed by atoms with van der Waals surface area (Å²) in [6.07, 6.45) is 0.745. The van der Waals surface area contributed by atoms with E-state index in [0.717, 1.165) is 28.8 Å². The smallest absolute Gasteiger partial charge is 0.251 e. The molecular weight excluding hydrogens is 436 g/mol. The van der Waals surface area contributed by atoms with Gasteiger partial charge < -0.3 is 24.8 Å². The van der Waals surface area contributed by atoms with E-state index >= 15 is 0 Å². The fourth-order valence-corrected chi connectivity index (χ4v) is 4.18. The molecule has 0 aliphatic carbocycles. The predicted molar refractivity (Wildman–Crippen MR) is 128 cm³/mol. The molecule has 178 valence electrons. The highest BCUT2D eigenvalue weighted by molar-refractivity contribution is 6.04. The van der Waals surface area contributed by atoms with E-state index in [2.05, 4.69) is 15.7 Å². The van der Waals surface area contributed by atoms with E-state index in [1.807, 2.05) is 43.3 Å². The Morgan fingerprint density at radius 1 is 1.12 bits per heavy atom. The summed E-state index contributed by atoms with van der Waals surface area (Å²) in [5, 5.41) is 10.5. The molecule has 2 amide bonds. The zero-order valence-corrected chi connectivity index (χ0v) is 19.7. The van der Waals surface area contributed by atoms with Crippen LogP contribution in [0, 0.1) is 0 Å². The molecule has 2 aromatic carbocycles. The molecule has 0 fully saturated rings. The van der Waals surface area contributed by atoms with Gasteiger partial charge in [-0.15, -0.1) is 0 Å². The molecule has 3 aromatic rings. The van der Waals surface area contributed by atoms with E-state index in [0.29, 0.717) is 23.0 Å². The maximum atomic E-state index is 12.9. The number of carbonyl (C=O) groups is 2. The van der Waals surface area contributed by atoms with Gasteiger partial charge in [0.05, 0.1) is 38.5 Å². The average Bonchev–Trinajstić information content (AvgIpc) is 3.33. The highest BCUT2D eigenvalue weighted by Crippen LogP contribution is 2.41. The molecule has 34 heavy (non-hydrogen) atoms. The fraction of sp³-hybridized carbons (Fsp3) is 0.320. The number of hydrogen-bond acceptors (Lipinski definition) is 6. The number of nitrogens with zero attached hydrogens (tertiary/aromatic N) is 2. The molecule has 9 heteroatoms. The normalized spacial score (nSPS) is 14.5. The maximum Gasteiger partial charge on any atom is 0.251 e. The van der Waals surface area contributed by atoms with Crippen molar-refractivity contribution in [1.82, 2.24) is 9.78 Å². The van der Waals surface area contributed by atoms with Gasteiger partial charge in [0, 0.05) is 12.8 Å². The van der Waals surface area contributed by atoms with Crippen molar-refractivity contribution in [2.75, 3.05) is 32.0 Å². The highest BCUT2D eigenvalue weighted by Gasteiger charge is 2.37. The summed E-state index contributed by atoms with van der Waals surface area (Å²) in [7, 11) is 4.71. The van der Waals surface area contributed by atoms with Crippen LogP contribution in [0.4, 0.5) is 11.5 Å². The first kappa shape index (κ1) is 23.3. The Morgan fingerprint density at radius 2 is 1.88 bits per heavy atom. The van der Waals surface area contributed by atoms with Crippen LogP contribution >= 0.6 is 0 Å². The Bertz CT molecular complexity index is 1220. The number of aryl methyl sites for hydroxylation is 1. The standard InChI is InChI=1S/C25H28N4O5/c1-5-15-8-6-7-9-17(15)26-22(30)13-19-25(31)27-24-23(18(14-32-2)28-29(19)24)16-10-11-20(33-3)21(12-16)34-4/h6-12,19H,5,13-14H2,1-4H3,(H,26,30)(H,27,31). The summed E-state index contributed by atoms with van der Waals surface area (Å²) in [6, 6.07) is 12.3. The highest BCUT2D eigenvalue weighted by atomic mass is 16.5. The number of rotatable bonds is 9. The van der Waals surface area contributed by atoms with Crippen molar-refractivity contribution in [2.45, 2.75) is 32.4 Å². The second-order valence-corrected chi connectivity index (χ2v) is 7.89. The number of benzene rings is 2. The number of aromatic nitrogens is 2. The summed E-state index contributed by atoms with van der Waals surface area (Å²) in [4.78, 5) is 25.7. The topological polar surface area (TPSA) is 104 Å². The minimum absolute atomic E-state index is 0.0453. The molecule has 0 radical (unpaired) electrons. The van der Waals surface area contributed by atoms with Crippen LogP contribution in [0.1, 0.15) is 30.6 Å². The number of fused-ring (bicyclic) bond motifs is 1. The number of para-hydroxylation sites is 1. The Hall–Kier alpha value is -3.85. The average molecular weight is 465 g/mol. The first-order valence-electron chi connectivity index (χ1n) is 11.0. The van der Waals surface area contributed by atoms with Crippen LogP contribution in [0.25, 0.3) is 11.1 Å². The van der Waals surface area contributed by atoms with Crippen molar-refractivity contribution in [2.24, 2.45) is 0 Å². The van der Waals surface area contributed by atoms with E-state index in [9.17, 15) is 9.59 Å². The van der Waals surface area contributed by atoms with Gasteiger partial charge in [0.15, 0.2) is 11.5 Å². The first-order valence-corrected chi connectivity index (χ1v) is 11.0. The predicted octanol–water partition coefficient (Wildman–Crippen LogP) is 3.80. The molecular formula is C25H28N4O5. The van der Waals surface area contributed by atoms with Crippen LogP contribution < -0.4 is 20.1 Å². The Morgan fingerprint density at radius 3 is 2.59 bits per heavy atom. The lowest BCUT2D eigenvalue weighted by atomic mass is 10.0. The molecule has 0 bridgehead atoms. The fourth-order valence-electron chi connectivity index (χ4n) is 4.18. The minimum Gasteiger partial charge on any atom is -0.493 e. The summed E-state index contributed by atoms with van der Waals surface area (Å²) in [6.45, 7) is 2.26. The maximum absolute atomic E-state index is 12.9. The van der Waals surface area contributed by atoms with Crippen molar-refractivity contribution in [3.05, 3.63) is 53.7 Å². The van der Waals surface area contributed by atoms with E-state index in [4.69, 9.17) is 14.2 Å². The van der Waals surface area contributed by atoms with Crippen molar-refractivity contribution >= 4 is 23.3 Å². The van der Waals surface area contributed by atoms with Gasteiger partial charge >= 0.3 is 0 Å². The summed E-state index contributed by atoms with van der Waals surface area (Å²) < 4.78 is 17.7. The van der Waals surface area contributed by atoms with Crippen LogP contribution in [0.3, 0.4) is 0 Å². The van der Waals surface area contributed by atoms with Crippen molar-refractivity contribution in [3.63, 3.8) is 0 Å². The number of anilines is 2. The number of nitrogens with one attached hydrogen (secondary N) is 2. The zero-order valence-electron chi connectivity index (χ0n) is 19.7. The number of ether oxygens (including phenoxy) is 3. The van der Waals surface area contributed by atoms with Crippen LogP contribution in [0.5, 0.6) is 11.5 Å². The Balaban J connectivity index is 1.66. The molecule has 2 heterocycles. The van der Waals surface area contributed by atoms with Crippen LogP contribution in [-0.4, -0.2) is 42.9 Å². The van der Waals surface area contributed by atoms with E-state index in [1.54, 1.807) is 32.1 Å². The molecule has 2 N–H and O–H groups in total. The lowest BCUT2D eigenvalue weighted by Gasteiger charge is -2.12. The summed E-state index contributed by atoms with van der Waals surface area (Å²) >= 11 is 0. The van der Waals surface area contributed by atoms with Gasteiger partial charge in [0.2, 0.25) is 5.91 Å². The SMILES string of the molecule is CCc1ccccc1NC(=O)CC1C(=O)Nc2c(-c3ccc(OC)c(OC)c3)c(COC)nn21. The molecule has 0 saturated carbocycles.